The first kappa shape index (κ1) is 14.8. The molecule has 0 saturated heterocycles. The lowest BCUT2D eigenvalue weighted by molar-refractivity contribution is 0.0702. The first-order valence-electron chi connectivity index (χ1n) is 5.79. The predicted octanol–water partition coefficient (Wildman–Crippen LogP) is 2.01. The minimum atomic E-state index is -3.60. The maximum absolute atomic E-state index is 12.1. The van der Waals surface area contributed by atoms with Crippen molar-refractivity contribution in [3.05, 3.63) is 16.3 Å². The Hall–Kier alpha value is -0.570. The van der Waals surface area contributed by atoms with Crippen molar-refractivity contribution in [3.8, 4) is 0 Å². The van der Waals surface area contributed by atoms with E-state index in [1.165, 1.54) is 11.4 Å². The normalized spacial score (nSPS) is 23.6. The molecule has 2 atom stereocenters. The van der Waals surface area contributed by atoms with Gasteiger partial charge in [0.2, 0.25) is 10.0 Å². The van der Waals surface area contributed by atoms with Crippen LogP contribution in [-0.2, 0) is 10.0 Å². The molecule has 2 unspecified atom stereocenters. The number of thiophene rings is 1. The van der Waals surface area contributed by atoms with Gasteiger partial charge in [-0.25, -0.2) is 17.9 Å². The molecule has 0 bridgehead atoms. The lowest BCUT2D eigenvalue weighted by atomic mass is 10.3. The zero-order valence-electron chi connectivity index (χ0n) is 10.3. The predicted molar refractivity (Wildman–Crippen MR) is 76.5 cm³/mol. The summed E-state index contributed by atoms with van der Waals surface area (Å²) in [5.74, 6) is -1.10. The Labute approximate surface area is 120 Å². The fourth-order valence-electron chi connectivity index (χ4n) is 2.12. The van der Waals surface area contributed by atoms with E-state index in [4.69, 9.17) is 5.11 Å². The molecule has 1 heterocycles. The van der Waals surface area contributed by atoms with Gasteiger partial charge in [-0.2, -0.15) is 11.8 Å². The van der Waals surface area contributed by atoms with Gasteiger partial charge in [-0.15, -0.1) is 11.3 Å². The Morgan fingerprint density at radius 2 is 2.26 bits per heavy atom. The van der Waals surface area contributed by atoms with Crippen LogP contribution in [0.5, 0.6) is 0 Å². The van der Waals surface area contributed by atoms with Gasteiger partial charge in [-0.3, -0.25) is 0 Å². The average molecular weight is 321 g/mol. The van der Waals surface area contributed by atoms with Crippen LogP contribution in [0, 0.1) is 0 Å². The minimum Gasteiger partial charge on any atom is -0.477 e. The molecule has 0 aromatic carbocycles. The standard InChI is InChI=1S/C11H15NO4S3/c1-17-8-3-2-7(4-8)12-19(15,16)9-5-10(11(13)14)18-6-9/h5-8,12H,2-4H2,1H3,(H,13,14). The monoisotopic (exact) mass is 321 g/mol. The number of hydrogen-bond donors (Lipinski definition) is 2. The summed E-state index contributed by atoms with van der Waals surface area (Å²) in [7, 11) is -3.60. The summed E-state index contributed by atoms with van der Waals surface area (Å²) in [4.78, 5) is 10.8. The molecular formula is C11H15NO4S3. The van der Waals surface area contributed by atoms with E-state index in [0.29, 0.717) is 5.25 Å². The number of carboxylic acid groups (broad SMARTS) is 1. The van der Waals surface area contributed by atoms with Crippen molar-refractivity contribution in [2.24, 2.45) is 0 Å². The molecule has 2 rings (SSSR count). The van der Waals surface area contributed by atoms with Crippen LogP contribution in [-0.4, -0.2) is 37.0 Å². The van der Waals surface area contributed by atoms with Crippen molar-refractivity contribution in [1.29, 1.82) is 0 Å². The Kier molecular flexibility index (Phi) is 4.54. The number of carbonyl (C=O) groups is 1. The van der Waals surface area contributed by atoms with E-state index >= 15 is 0 Å². The maximum Gasteiger partial charge on any atom is 0.345 e. The number of carboxylic acids is 1. The maximum atomic E-state index is 12.1. The third-order valence-corrected chi connectivity index (χ3v) is 6.80. The largest absolute Gasteiger partial charge is 0.477 e. The third-order valence-electron chi connectivity index (χ3n) is 3.14. The summed E-state index contributed by atoms with van der Waals surface area (Å²) in [6, 6.07) is 1.16. The summed E-state index contributed by atoms with van der Waals surface area (Å²) >= 11 is 2.68. The molecule has 1 aromatic rings. The molecule has 106 valence electrons. The van der Waals surface area contributed by atoms with Gasteiger partial charge < -0.3 is 5.11 Å². The van der Waals surface area contributed by atoms with Gasteiger partial charge in [0.15, 0.2) is 0 Å². The van der Waals surface area contributed by atoms with E-state index in [1.807, 2.05) is 6.26 Å². The van der Waals surface area contributed by atoms with Crippen LogP contribution in [0.15, 0.2) is 16.3 Å². The van der Waals surface area contributed by atoms with Crippen LogP contribution in [0.3, 0.4) is 0 Å². The van der Waals surface area contributed by atoms with E-state index in [2.05, 4.69) is 4.72 Å². The first-order valence-corrected chi connectivity index (χ1v) is 9.44. The van der Waals surface area contributed by atoms with Crippen molar-refractivity contribution in [1.82, 2.24) is 4.72 Å². The highest BCUT2D eigenvalue weighted by Crippen LogP contribution is 2.29. The average Bonchev–Trinajstić information content (AvgIpc) is 2.95. The Morgan fingerprint density at radius 3 is 2.79 bits per heavy atom. The highest BCUT2D eigenvalue weighted by atomic mass is 32.2. The summed E-state index contributed by atoms with van der Waals surface area (Å²) in [5, 5.41) is 10.7. The Bertz CT molecular complexity index is 566. The molecule has 0 radical (unpaired) electrons. The summed E-state index contributed by atoms with van der Waals surface area (Å²) in [6.45, 7) is 0. The molecule has 1 aliphatic rings. The van der Waals surface area contributed by atoms with Crippen molar-refractivity contribution < 1.29 is 18.3 Å². The van der Waals surface area contributed by atoms with E-state index in [9.17, 15) is 13.2 Å². The zero-order valence-corrected chi connectivity index (χ0v) is 12.8. The highest BCUT2D eigenvalue weighted by Gasteiger charge is 2.29. The van der Waals surface area contributed by atoms with Crippen LogP contribution >= 0.6 is 23.1 Å². The van der Waals surface area contributed by atoms with E-state index in [1.54, 1.807) is 11.8 Å². The second-order valence-electron chi connectivity index (χ2n) is 4.44. The molecule has 1 fully saturated rings. The number of sulfonamides is 1. The number of aromatic carboxylic acids is 1. The number of rotatable bonds is 5. The van der Waals surface area contributed by atoms with Gasteiger partial charge in [-0.05, 0) is 31.6 Å². The van der Waals surface area contributed by atoms with Crippen LogP contribution in [0.1, 0.15) is 28.9 Å². The minimum absolute atomic E-state index is 0.0359. The van der Waals surface area contributed by atoms with Crippen LogP contribution in [0.25, 0.3) is 0 Å². The van der Waals surface area contributed by atoms with E-state index in [-0.39, 0.29) is 15.8 Å². The molecular weight excluding hydrogens is 306 g/mol. The Balaban J connectivity index is 2.08. The second-order valence-corrected chi connectivity index (χ2v) is 8.20. The first-order chi connectivity index (χ1) is 8.92. The summed E-state index contributed by atoms with van der Waals surface area (Å²) in [6.07, 6.45) is 4.70. The van der Waals surface area contributed by atoms with Crippen molar-refractivity contribution in [2.75, 3.05) is 6.26 Å². The van der Waals surface area contributed by atoms with E-state index < -0.39 is 16.0 Å². The summed E-state index contributed by atoms with van der Waals surface area (Å²) in [5.41, 5.74) is 0. The highest BCUT2D eigenvalue weighted by molar-refractivity contribution is 7.99. The molecule has 19 heavy (non-hydrogen) atoms. The fourth-order valence-corrected chi connectivity index (χ4v) is 5.31. The van der Waals surface area contributed by atoms with Gasteiger partial charge in [-0.1, -0.05) is 0 Å². The molecule has 1 saturated carbocycles. The van der Waals surface area contributed by atoms with Crippen LogP contribution in [0.2, 0.25) is 0 Å². The fraction of sp³-hybridized carbons (Fsp3) is 0.545. The SMILES string of the molecule is CSC1CCC(NS(=O)(=O)c2csc(C(=O)O)c2)C1. The van der Waals surface area contributed by atoms with Crippen LogP contribution in [0.4, 0.5) is 0 Å². The molecule has 1 aliphatic carbocycles. The van der Waals surface area contributed by atoms with Gasteiger partial charge in [0.25, 0.3) is 0 Å². The van der Waals surface area contributed by atoms with Crippen molar-refractivity contribution >= 4 is 39.1 Å². The van der Waals surface area contributed by atoms with Crippen molar-refractivity contribution in [2.45, 2.75) is 35.4 Å². The number of nitrogens with one attached hydrogen (secondary N) is 1. The van der Waals surface area contributed by atoms with Gasteiger partial charge in [0.1, 0.15) is 4.88 Å². The number of thioether (sulfide) groups is 1. The molecule has 0 aliphatic heterocycles. The molecule has 0 spiro atoms. The summed E-state index contributed by atoms with van der Waals surface area (Å²) < 4.78 is 26.9. The molecule has 5 nitrogen and oxygen atoms in total. The van der Waals surface area contributed by atoms with Gasteiger partial charge in [0, 0.05) is 16.7 Å². The Morgan fingerprint density at radius 1 is 1.53 bits per heavy atom. The molecule has 8 heteroatoms. The van der Waals surface area contributed by atoms with E-state index in [0.717, 1.165) is 30.6 Å². The van der Waals surface area contributed by atoms with Crippen LogP contribution < -0.4 is 4.72 Å². The molecule has 2 N–H and O–H groups in total. The quantitative estimate of drug-likeness (QED) is 0.867. The lowest BCUT2D eigenvalue weighted by Crippen LogP contribution is -2.32. The zero-order chi connectivity index (χ0) is 14.0. The van der Waals surface area contributed by atoms with Gasteiger partial charge in [0.05, 0.1) is 4.90 Å². The molecule has 0 amide bonds. The second kappa shape index (κ2) is 5.82. The van der Waals surface area contributed by atoms with Gasteiger partial charge >= 0.3 is 5.97 Å². The topological polar surface area (TPSA) is 83.5 Å². The number of hydrogen-bond acceptors (Lipinski definition) is 5. The third kappa shape index (κ3) is 3.50. The smallest absolute Gasteiger partial charge is 0.345 e. The molecule has 1 aromatic heterocycles. The lowest BCUT2D eigenvalue weighted by Gasteiger charge is -2.12. The van der Waals surface area contributed by atoms with Crippen molar-refractivity contribution in [3.63, 3.8) is 0 Å².